The molecule has 0 fully saturated rings. The number of benzene rings is 1. The van der Waals surface area contributed by atoms with Crippen LogP contribution >= 0.6 is 0 Å². The lowest BCUT2D eigenvalue weighted by Crippen LogP contribution is -2.38. The lowest BCUT2D eigenvalue weighted by molar-refractivity contribution is -0.128. The van der Waals surface area contributed by atoms with Crippen LogP contribution in [0.4, 0.5) is 0 Å². The average molecular weight is 312 g/mol. The predicted octanol–water partition coefficient (Wildman–Crippen LogP) is 1.84. The number of unbranched alkanes of at least 4 members (excludes halogenated alkanes) is 1. The largest absolute Gasteiger partial charge is 0.345 e. The van der Waals surface area contributed by atoms with Gasteiger partial charge in [0, 0.05) is 13.6 Å². The molecule has 0 unspecified atom stereocenters. The lowest BCUT2D eigenvalue weighted by Gasteiger charge is -2.17. The molecule has 1 amide bonds. The minimum absolute atomic E-state index is 0.189. The Morgan fingerprint density at radius 2 is 1.90 bits per heavy atom. The van der Waals surface area contributed by atoms with Gasteiger partial charge >= 0.3 is 0 Å². The molecule has 0 aliphatic carbocycles. The van der Waals surface area contributed by atoms with Gasteiger partial charge in [-0.1, -0.05) is 19.4 Å². The first-order chi connectivity index (χ1) is 9.77. The standard InChI is InChI=1S/C15H24N2O3S/c1-5-6-9-17(4)15(18)11-16-21(19,20)14-8-7-12(2)13(3)10-14/h7-8,10,16H,5-6,9,11H2,1-4H3. The summed E-state index contributed by atoms with van der Waals surface area (Å²) in [6.45, 7) is 6.25. The Bertz CT molecular complexity index is 597. The number of aryl methyl sites for hydroxylation is 2. The van der Waals surface area contributed by atoms with E-state index in [-0.39, 0.29) is 17.3 Å². The summed E-state index contributed by atoms with van der Waals surface area (Å²) in [4.78, 5) is 13.6. The quantitative estimate of drug-likeness (QED) is 0.835. The van der Waals surface area contributed by atoms with E-state index in [1.165, 1.54) is 0 Å². The van der Waals surface area contributed by atoms with E-state index in [2.05, 4.69) is 4.72 Å². The first-order valence-corrected chi connectivity index (χ1v) is 8.57. The molecule has 0 radical (unpaired) electrons. The van der Waals surface area contributed by atoms with Crippen LogP contribution in [-0.2, 0) is 14.8 Å². The van der Waals surface area contributed by atoms with E-state index in [1.807, 2.05) is 20.8 Å². The Hall–Kier alpha value is -1.40. The molecule has 118 valence electrons. The van der Waals surface area contributed by atoms with Gasteiger partial charge in [-0.25, -0.2) is 13.1 Å². The summed E-state index contributed by atoms with van der Waals surface area (Å²) in [5.74, 6) is -0.226. The predicted molar refractivity (Wildman–Crippen MR) is 83.6 cm³/mol. The molecule has 1 aromatic rings. The van der Waals surface area contributed by atoms with Crippen LogP contribution in [0.1, 0.15) is 30.9 Å². The zero-order valence-corrected chi connectivity index (χ0v) is 14.0. The third kappa shape index (κ3) is 5.13. The first-order valence-electron chi connectivity index (χ1n) is 7.09. The van der Waals surface area contributed by atoms with Crippen LogP contribution in [0.3, 0.4) is 0 Å². The van der Waals surface area contributed by atoms with Gasteiger partial charge in [0.1, 0.15) is 0 Å². The summed E-state index contributed by atoms with van der Waals surface area (Å²) in [6, 6.07) is 4.93. The van der Waals surface area contributed by atoms with E-state index in [0.717, 1.165) is 24.0 Å². The molecule has 0 spiro atoms. The van der Waals surface area contributed by atoms with Crippen molar-refractivity contribution in [3.8, 4) is 0 Å². The van der Waals surface area contributed by atoms with E-state index in [4.69, 9.17) is 0 Å². The van der Waals surface area contributed by atoms with Crippen LogP contribution in [0.5, 0.6) is 0 Å². The van der Waals surface area contributed by atoms with Crippen molar-refractivity contribution in [2.75, 3.05) is 20.1 Å². The number of nitrogens with one attached hydrogen (secondary N) is 1. The fourth-order valence-electron chi connectivity index (χ4n) is 1.78. The van der Waals surface area contributed by atoms with E-state index in [1.54, 1.807) is 30.1 Å². The van der Waals surface area contributed by atoms with E-state index in [0.29, 0.717) is 6.54 Å². The molecule has 21 heavy (non-hydrogen) atoms. The normalized spacial score (nSPS) is 11.4. The molecule has 0 heterocycles. The number of sulfonamides is 1. The molecule has 1 rings (SSSR count). The van der Waals surface area contributed by atoms with E-state index >= 15 is 0 Å². The van der Waals surface area contributed by atoms with Crippen molar-refractivity contribution in [2.45, 2.75) is 38.5 Å². The highest BCUT2D eigenvalue weighted by atomic mass is 32.2. The second-order valence-electron chi connectivity index (χ2n) is 5.24. The molecule has 1 N–H and O–H groups in total. The van der Waals surface area contributed by atoms with Gasteiger partial charge in [-0.15, -0.1) is 0 Å². The third-order valence-electron chi connectivity index (χ3n) is 3.47. The molecule has 0 aromatic heterocycles. The van der Waals surface area contributed by atoms with E-state index < -0.39 is 10.0 Å². The Labute approximate surface area is 127 Å². The van der Waals surface area contributed by atoms with Gasteiger partial charge in [-0.3, -0.25) is 4.79 Å². The zero-order valence-electron chi connectivity index (χ0n) is 13.1. The highest BCUT2D eigenvalue weighted by molar-refractivity contribution is 7.89. The molecule has 0 saturated heterocycles. The molecule has 0 bridgehead atoms. The van der Waals surface area contributed by atoms with Gasteiger partial charge in [0.2, 0.25) is 15.9 Å². The second kappa shape index (κ2) is 7.56. The lowest BCUT2D eigenvalue weighted by atomic mass is 10.1. The van der Waals surface area contributed by atoms with Crippen LogP contribution in [-0.4, -0.2) is 39.4 Å². The molecule has 0 saturated carbocycles. The summed E-state index contributed by atoms with van der Waals surface area (Å²) in [7, 11) is -1.96. The molecule has 6 heteroatoms. The van der Waals surface area contributed by atoms with Crippen molar-refractivity contribution in [1.82, 2.24) is 9.62 Å². The second-order valence-corrected chi connectivity index (χ2v) is 7.01. The molecular weight excluding hydrogens is 288 g/mol. The fraction of sp³-hybridized carbons (Fsp3) is 0.533. The Kier molecular flexibility index (Phi) is 6.36. The minimum atomic E-state index is -3.65. The van der Waals surface area contributed by atoms with Crippen LogP contribution in [0, 0.1) is 13.8 Å². The molecule has 0 aliphatic heterocycles. The first kappa shape index (κ1) is 17.7. The SMILES string of the molecule is CCCCN(C)C(=O)CNS(=O)(=O)c1ccc(C)c(C)c1. The fourth-order valence-corrected chi connectivity index (χ4v) is 2.84. The van der Waals surface area contributed by atoms with Gasteiger partial charge in [0.05, 0.1) is 11.4 Å². The maximum atomic E-state index is 12.2. The highest BCUT2D eigenvalue weighted by Gasteiger charge is 2.17. The smallest absolute Gasteiger partial charge is 0.241 e. The number of carbonyl (C=O) groups is 1. The van der Waals surface area contributed by atoms with Crippen LogP contribution in [0.15, 0.2) is 23.1 Å². The number of carbonyl (C=O) groups excluding carboxylic acids is 1. The Morgan fingerprint density at radius 1 is 1.24 bits per heavy atom. The van der Waals surface area contributed by atoms with Crippen molar-refractivity contribution in [2.24, 2.45) is 0 Å². The maximum Gasteiger partial charge on any atom is 0.241 e. The van der Waals surface area contributed by atoms with Crippen LogP contribution < -0.4 is 4.72 Å². The summed E-state index contributed by atoms with van der Waals surface area (Å²) in [6.07, 6.45) is 1.90. The number of likely N-dealkylation sites (N-methyl/N-ethyl adjacent to an activating group) is 1. The summed E-state index contributed by atoms with van der Waals surface area (Å²) < 4.78 is 26.7. The number of rotatable bonds is 7. The van der Waals surface area contributed by atoms with Gasteiger partial charge < -0.3 is 4.90 Å². The molecule has 1 aromatic carbocycles. The monoisotopic (exact) mass is 312 g/mol. The van der Waals surface area contributed by atoms with E-state index in [9.17, 15) is 13.2 Å². The molecule has 0 aliphatic rings. The van der Waals surface area contributed by atoms with Crippen LogP contribution in [0.25, 0.3) is 0 Å². The highest BCUT2D eigenvalue weighted by Crippen LogP contribution is 2.14. The topological polar surface area (TPSA) is 66.5 Å². The zero-order chi connectivity index (χ0) is 16.0. The Morgan fingerprint density at radius 3 is 2.48 bits per heavy atom. The number of amides is 1. The van der Waals surface area contributed by atoms with Crippen molar-refractivity contribution < 1.29 is 13.2 Å². The van der Waals surface area contributed by atoms with Crippen molar-refractivity contribution in [3.63, 3.8) is 0 Å². The van der Waals surface area contributed by atoms with Crippen molar-refractivity contribution >= 4 is 15.9 Å². The minimum Gasteiger partial charge on any atom is -0.345 e. The Balaban J connectivity index is 2.68. The summed E-state index contributed by atoms with van der Waals surface area (Å²) in [5, 5.41) is 0. The number of hydrogen-bond donors (Lipinski definition) is 1. The van der Waals surface area contributed by atoms with Crippen LogP contribution in [0.2, 0.25) is 0 Å². The van der Waals surface area contributed by atoms with Gasteiger partial charge in [0.25, 0.3) is 0 Å². The summed E-state index contributed by atoms with van der Waals surface area (Å²) >= 11 is 0. The molecule has 0 atom stereocenters. The number of nitrogens with zero attached hydrogens (tertiary/aromatic N) is 1. The van der Waals surface area contributed by atoms with Gasteiger partial charge in [-0.05, 0) is 43.5 Å². The van der Waals surface area contributed by atoms with Crippen molar-refractivity contribution in [1.29, 1.82) is 0 Å². The summed E-state index contributed by atoms with van der Waals surface area (Å²) in [5.41, 5.74) is 1.94. The molecular formula is C15H24N2O3S. The van der Waals surface area contributed by atoms with Crippen molar-refractivity contribution in [3.05, 3.63) is 29.3 Å². The van der Waals surface area contributed by atoms with Gasteiger partial charge in [-0.2, -0.15) is 0 Å². The number of hydrogen-bond acceptors (Lipinski definition) is 3. The molecule has 5 nitrogen and oxygen atoms in total. The maximum absolute atomic E-state index is 12.2. The average Bonchev–Trinajstić information content (AvgIpc) is 2.44. The third-order valence-corrected chi connectivity index (χ3v) is 4.87. The van der Waals surface area contributed by atoms with Gasteiger partial charge in [0.15, 0.2) is 0 Å².